The van der Waals surface area contributed by atoms with E-state index in [1.807, 2.05) is 0 Å². The van der Waals surface area contributed by atoms with Crippen LogP contribution in [0.15, 0.2) is 41.5 Å². The lowest BCUT2D eigenvalue weighted by molar-refractivity contribution is -0.345. The number of carbonyl (C=O) groups excluding carboxylic acids is 4. The molecule has 1 aromatic carbocycles. The standard InChI is InChI=1S/C32H38O14/c1-15(33)44-21-19-20(25(36)37)29(4,40)13-32(41,28(19,2)3)24(45-26(38)16-10-8-7-9-11-16)22-30(5,23(21)35)17(34)12-18-31(22,14-43-18)46-27(39)42-6/h7-11,17-18,21-22,24,34,40-41H,12-14H2,1-6H3,(H,36,37)/t17-,18+,21+,22?,24-,29-,30+,31-,32+/m0/s1. The fourth-order valence-electron chi connectivity index (χ4n) is 8.15. The molecule has 5 rings (SSSR count). The average Bonchev–Trinajstić information content (AvgIpc) is 2.96. The predicted octanol–water partition coefficient (Wildman–Crippen LogP) is 1.33. The second kappa shape index (κ2) is 10.9. The van der Waals surface area contributed by atoms with Crippen molar-refractivity contribution < 1.29 is 68.1 Å². The van der Waals surface area contributed by atoms with Crippen LogP contribution < -0.4 is 0 Å². The molecule has 1 aromatic rings. The van der Waals surface area contributed by atoms with Crippen LogP contribution in [0.2, 0.25) is 0 Å². The minimum atomic E-state index is -2.47. The fraction of sp³-hybridized carbons (Fsp3) is 0.594. The minimum absolute atomic E-state index is 0.0436. The highest BCUT2D eigenvalue weighted by molar-refractivity contribution is 5.99. The van der Waals surface area contributed by atoms with Crippen LogP contribution in [0.4, 0.5) is 4.79 Å². The quantitative estimate of drug-likeness (QED) is 0.263. The molecule has 0 spiro atoms. The predicted molar refractivity (Wildman–Crippen MR) is 153 cm³/mol. The summed E-state index contributed by atoms with van der Waals surface area (Å²) in [5.41, 5.74) is -11.9. The summed E-state index contributed by atoms with van der Waals surface area (Å²) in [5, 5.41) is 46.9. The Labute approximate surface area is 264 Å². The van der Waals surface area contributed by atoms with Crippen molar-refractivity contribution in [2.75, 3.05) is 13.7 Å². The number of benzene rings is 1. The maximum Gasteiger partial charge on any atom is 0.508 e. The number of carboxylic acid groups (broad SMARTS) is 1. The van der Waals surface area contributed by atoms with Crippen molar-refractivity contribution in [3.8, 4) is 0 Å². The summed E-state index contributed by atoms with van der Waals surface area (Å²) < 4.78 is 28.0. The van der Waals surface area contributed by atoms with Crippen LogP contribution in [0.5, 0.6) is 0 Å². The van der Waals surface area contributed by atoms with Crippen LogP contribution in [0.25, 0.3) is 0 Å². The maximum atomic E-state index is 15.0. The molecule has 14 heteroatoms. The summed E-state index contributed by atoms with van der Waals surface area (Å²) in [5.74, 6) is -6.26. The van der Waals surface area contributed by atoms with E-state index in [2.05, 4.69) is 0 Å². The van der Waals surface area contributed by atoms with Gasteiger partial charge in [-0.15, -0.1) is 0 Å². The third-order valence-corrected chi connectivity index (χ3v) is 10.5. The van der Waals surface area contributed by atoms with E-state index in [9.17, 15) is 44.4 Å². The molecular weight excluding hydrogens is 608 g/mol. The van der Waals surface area contributed by atoms with Gasteiger partial charge in [-0.1, -0.05) is 32.0 Å². The highest BCUT2D eigenvalue weighted by atomic mass is 16.8. The molecule has 9 atom stereocenters. The number of ether oxygens (including phenoxy) is 5. The lowest BCUT2D eigenvalue weighted by atomic mass is 9.44. The summed E-state index contributed by atoms with van der Waals surface area (Å²) in [6.07, 6.45) is -8.89. The molecule has 1 saturated heterocycles. The maximum absolute atomic E-state index is 15.0. The molecule has 14 nitrogen and oxygen atoms in total. The molecule has 1 heterocycles. The van der Waals surface area contributed by atoms with Crippen molar-refractivity contribution in [3.05, 3.63) is 47.0 Å². The van der Waals surface area contributed by atoms with Gasteiger partial charge in [-0.3, -0.25) is 9.59 Å². The number of ketones is 1. The number of hydrogen-bond acceptors (Lipinski definition) is 13. The number of methoxy groups -OCH3 is 1. The van der Waals surface area contributed by atoms with E-state index in [4.69, 9.17) is 23.7 Å². The Balaban J connectivity index is 1.90. The summed E-state index contributed by atoms with van der Waals surface area (Å²) in [6.45, 7) is 5.76. The van der Waals surface area contributed by atoms with Crippen molar-refractivity contribution in [2.24, 2.45) is 16.7 Å². The third-order valence-electron chi connectivity index (χ3n) is 10.5. The Morgan fingerprint density at radius 1 is 1.00 bits per heavy atom. The molecule has 0 amide bonds. The molecule has 3 aliphatic carbocycles. The summed E-state index contributed by atoms with van der Waals surface area (Å²) in [6, 6.07) is 7.68. The number of Topliss-reactive ketones (excluding diaryl/α,β-unsaturated/α-hetero) is 1. The van der Waals surface area contributed by atoms with Crippen molar-refractivity contribution >= 4 is 29.8 Å². The van der Waals surface area contributed by atoms with Crippen LogP contribution in [0.3, 0.4) is 0 Å². The molecule has 4 N–H and O–H groups in total. The smallest absolute Gasteiger partial charge is 0.478 e. The van der Waals surface area contributed by atoms with Crippen molar-refractivity contribution in [1.29, 1.82) is 0 Å². The number of fused-ring (bicyclic) bond motifs is 5. The van der Waals surface area contributed by atoms with Gasteiger partial charge in [0.25, 0.3) is 0 Å². The molecule has 4 aliphatic rings. The molecule has 2 bridgehead atoms. The SMILES string of the molecule is COC(=O)O[C@@]12CO[C@@H]1C[C@H](O)[C@@]1(C)C(=O)[C@H](OC(C)=O)C3=C(C(=O)O)[C@@](C)(O)C[C@@](O)([C@@H](OC(=O)c4ccccc4)C12)C3(C)C. The molecule has 3 fully saturated rings. The molecule has 1 unspecified atom stereocenters. The summed E-state index contributed by atoms with van der Waals surface area (Å²) in [4.78, 5) is 66.9. The van der Waals surface area contributed by atoms with Crippen LogP contribution >= 0.6 is 0 Å². The third kappa shape index (κ3) is 4.56. The van der Waals surface area contributed by atoms with Crippen molar-refractivity contribution in [2.45, 2.75) is 88.7 Å². The van der Waals surface area contributed by atoms with Gasteiger partial charge in [-0.2, -0.15) is 0 Å². The molecule has 1 aliphatic heterocycles. The normalized spacial score (nSPS) is 39.3. The lowest BCUT2D eigenvalue weighted by Crippen LogP contribution is -2.82. The van der Waals surface area contributed by atoms with E-state index in [1.54, 1.807) is 18.2 Å². The first-order valence-electron chi connectivity index (χ1n) is 14.8. The van der Waals surface area contributed by atoms with Gasteiger partial charge in [0, 0.05) is 25.2 Å². The Kier molecular flexibility index (Phi) is 7.91. The van der Waals surface area contributed by atoms with Crippen LogP contribution in [-0.2, 0) is 38.1 Å². The number of aliphatic hydroxyl groups is 3. The van der Waals surface area contributed by atoms with Crippen molar-refractivity contribution in [1.82, 2.24) is 0 Å². The average molecular weight is 647 g/mol. The highest BCUT2D eigenvalue weighted by Gasteiger charge is 2.79. The largest absolute Gasteiger partial charge is 0.508 e. The Morgan fingerprint density at radius 3 is 2.15 bits per heavy atom. The Hall–Kier alpha value is -3.85. The number of carbonyl (C=O) groups is 5. The first kappa shape index (κ1) is 33.5. The van der Waals surface area contributed by atoms with Gasteiger partial charge >= 0.3 is 24.1 Å². The molecular formula is C32H38O14. The number of aliphatic carboxylic acids is 1. The second-order valence-electron chi connectivity index (χ2n) is 13.5. The van der Waals surface area contributed by atoms with Gasteiger partial charge in [0.2, 0.25) is 0 Å². The van der Waals surface area contributed by atoms with E-state index in [1.165, 1.54) is 32.9 Å². The van der Waals surface area contributed by atoms with E-state index in [0.717, 1.165) is 21.0 Å². The van der Waals surface area contributed by atoms with Gasteiger partial charge in [-0.25, -0.2) is 14.4 Å². The monoisotopic (exact) mass is 646 g/mol. The number of rotatable bonds is 5. The number of hydrogen-bond donors (Lipinski definition) is 4. The number of esters is 2. The lowest BCUT2D eigenvalue weighted by Gasteiger charge is -2.67. The summed E-state index contributed by atoms with van der Waals surface area (Å²) >= 11 is 0. The van der Waals surface area contributed by atoms with Gasteiger partial charge < -0.3 is 44.1 Å². The van der Waals surface area contributed by atoms with E-state index in [-0.39, 0.29) is 18.6 Å². The van der Waals surface area contributed by atoms with Gasteiger partial charge in [0.15, 0.2) is 17.5 Å². The highest BCUT2D eigenvalue weighted by Crippen LogP contribution is 2.65. The van der Waals surface area contributed by atoms with Crippen LogP contribution in [0, 0.1) is 16.7 Å². The second-order valence-corrected chi connectivity index (χ2v) is 13.5. The molecule has 46 heavy (non-hydrogen) atoms. The van der Waals surface area contributed by atoms with Gasteiger partial charge in [-0.05, 0) is 31.6 Å². The summed E-state index contributed by atoms with van der Waals surface area (Å²) in [7, 11) is 1.05. The van der Waals surface area contributed by atoms with Crippen molar-refractivity contribution in [3.63, 3.8) is 0 Å². The van der Waals surface area contributed by atoms with E-state index in [0.29, 0.717) is 0 Å². The molecule has 250 valence electrons. The van der Waals surface area contributed by atoms with Crippen LogP contribution in [0.1, 0.15) is 57.8 Å². The van der Waals surface area contributed by atoms with Gasteiger partial charge in [0.05, 0.1) is 47.9 Å². The van der Waals surface area contributed by atoms with Gasteiger partial charge in [0.1, 0.15) is 17.8 Å². The number of aliphatic hydroxyl groups excluding tert-OH is 1. The molecule has 2 saturated carbocycles. The minimum Gasteiger partial charge on any atom is -0.478 e. The Morgan fingerprint density at radius 2 is 1.63 bits per heavy atom. The zero-order chi connectivity index (χ0) is 34.2. The Bertz CT molecular complexity index is 1510. The molecule has 0 aromatic heterocycles. The zero-order valence-corrected chi connectivity index (χ0v) is 26.3. The first-order valence-corrected chi connectivity index (χ1v) is 14.8. The van der Waals surface area contributed by atoms with Crippen LogP contribution in [-0.4, -0.2) is 105 Å². The fourth-order valence-corrected chi connectivity index (χ4v) is 8.15. The van der Waals surface area contributed by atoms with E-state index >= 15 is 0 Å². The van der Waals surface area contributed by atoms with E-state index < -0.39 is 105 Å². The first-order chi connectivity index (χ1) is 21.3. The zero-order valence-electron chi connectivity index (χ0n) is 26.3. The number of carboxylic acids is 1. The topological polar surface area (TPSA) is 212 Å². The molecule has 0 radical (unpaired) electrons.